The van der Waals surface area contributed by atoms with Gasteiger partial charge < -0.3 is 4.52 Å². The van der Waals surface area contributed by atoms with Gasteiger partial charge in [-0.25, -0.2) is 15.0 Å². The number of hydrogen-bond acceptors (Lipinski definition) is 8. The van der Waals surface area contributed by atoms with Gasteiger partial charge in [0.25, 0.3) is 0 Å². The van der Waals surface area contributed by atoms with Gasteiger partial charge in [0.1, 0.15) is 12.0 Å². The molecule has 4 heterocycles. The first-order chi connectivity index (χ1) is 13.5. The van der Waals surface area contributed by atoms with Crippen molar-refractivity contribution in [3.63, 3.8) is 0 Å². The summed E-state index contributed by atoms with van der Waals surface area (Å²) in [7, 11) is 0. The molecule has 1 unspecified atom stereocenters. The third kappa shape index (κ3) is 4.14. The number of hydrogen-bond donors (Lipinski definition) is 0. The van der Waals surface area contributed by atoms with Crippen molar-refractivity contribution in [2.75, 3.05) is 13.1 Å². The number of nitrogens with zero attached hydrogens (tertiary/aromatic N) is 7. The van der Waals surface area contributed by atoms with E-state index in [1.807, 2.05) is 0 Å². The molecule has 3 aromatic rings. The summed E-state index contributed by atoms with van der Waals surface area (Å²) >= 11 is 0. The number of alkyl halides is 3. The summed E-state index contributed by atoms with van der Waals surface area (Å²) in [6.45, 7) is 2.43. The summed E-state index contributed by atoms with van der Waals surface area (Å²) in [5.41, 5.74) is 1.88. The first kappa shape index (κ1) is 18.4. The molecule has 28 heavy (non-hydrogen) atoms. The number of aromatic nitrogens is 6. The molecule has 0 aliphatic carbocycles. The summed E-state index contributed by atoms with van der Waals surface area (Å²) in [6, 6.07) is 0. The highest BCUT2D eigenvalue weighted by Crippen LogP contribution is 2.30. The van der Waals surface area contributed by atoms with Gasteiger partial charge in [0, 0.05) is 43.2 Å². The van der Waals surface area contributed by atoms with E-state index in [4.69, 9.17) is 0 Å². The van der Waals surface area contributed by atoms with Crippen LogP contribution >= 0.6 is 0 Å². The van der Waals surface area contributed by atoms with Crippen molar-refractivity contribution in [1.82, 2.24) is 35.0 Å². The molecule has 3 aromatic heterocycles. The van der Waals surface area contributed by atoms with Crippen LogP contribution in [0, 0.1) is 0 Å². The summed E-state index contributed by atoms with van der Waals surface area (Å²) in [5, 5.41) is 3.38. The minimum atomic E-state index is -4.69. The summed E-state index contributed by atoms with van der Waals surface area (Å²) < 4.78 is 42.3. The second-order valence-corrected chi connectivity index (χ2v) is 6.57. The molecule has 1 fully saturated rings. The Morgan fingerprint density at radius 1 is 1.07 bits per heavy atom. The monoisotopic (exact) mass is 391 g/mol. The van der Waals surface area contributed by atoms with Crippen LogP contribution in [-0.2, 0) is 12.7 Å². The van der Waals surface area contributed by atoms with Crippen molar-refractivity contribution in [2.24, 2.45) is 0 Å². The summed E-state index contributed by atoms with van der Waals surface area (Å²) in [6.07, 6.45) is 5.22. The zero-order chi connectivity index (χ0) is 19.6. The maximum atomic E-state index is 12.7. The fourth-order valence-corrected chi connectivity index (χ4v) is 3.24. The van der Waals surface area contributed by atoms with Crippen molar-refractivity contribution in [2.45, 2.75) is 31.5 Å². The molecule has 11 heteroatoms. The average molecular weight is 391 g/mol. The van der Waals surface area contributed by atoms with Gasteiger partial charge in [0.15, 0.2) is 0 Å². The van der Waals surface area contributed by atoms with E-state index in [0.29, 0.717) is 5.69 Å². The van der Waals surface area contributed by atoms with Crippen LogP contribution in [0.4, 0.5) is 13.2 Å². The predicted molar refractivity (Wildman–Crippen MR) is 89.6 cm³/mol. The van der Waals surface area contributed by atoms with Crippen LogP contribution in [0.15, 0.2) is 35.6 Å². The number of piperidine rings is 1. The standard InChI is InChI=1S/C17H16F3N7O/c18-17(19,20)16-25-15(26-28-16)14-7-21-6-13(24-14)12-2-1-3-27(9-12)8-11-4-22-10-23-5-11/h4-7,10,12H,1-3,8-9H2. The van der Waals surface area contributed by atoms with Crippen LogP contribution in [0.5, 0.6) is 0 Å². The quantitative estimate of drug-likeness (QED) is 0.670. The van der Waals surface area contributed by atoms with Crippen LogP contribution in [-0.4, -0.2) is 48.1 Å². The Balaban J connectivity index is 1.50. The lowest BCUT2D eigenvalue weighted by Crippen LogP contribution is -2.34. The lowest BCUT2D eigenvalue weighted by molar-refractivity contribution is -0.159. The van der Waals surface area contributed by atoms with Gasteiger partial charge in [0.05, 0.1) is 11.9 Å². The van der Waals surface area contributed by atoms with Crippen molar-refractivity contribution in [3.8, 4) is 11.5 Å². The van der Waals surface area contributed by atoms with Crippen molar-refractivity contribution < 1.29 is 17.7 Å². The van der Waals surface area contributed by atoms with E-state index in [0.717, 1.165) is 38.0 Å². The van der Waals surface area contributed by atoms with E-state index in [-0.39, 0.29) is 17.4 Å². The van der Waals surface area contributed by atoms with E-state index in [1.165, 1.54) is 12.5 Å². The largest absolute Gasteiger partial charge is 0.471 e. The lowest BCUT2D eigenvalue weighted by Gasteiger charge is -2.32. The average Bonchev–Trinajstić information content (AvgIpc) is 3.20. The second kappa shape index (κ2) is 7.58. The molecule has 1 saturated heterocycles. The Morgan fingerprint density at radius 2 is 1.89 bits per heavy atom. The van der Waals surface area contributed by atoms with Gasteiger partial charge in [-0.3, -0.25) is 9.88 Å². The molecule has 0 aromatic carbocycles. The lowest BCUT2D eigenvalue weighted by atomic mass is 9.94. The third-order valence-corrected chi connectivity index (χ3v) is 4.49. The highest BCUT2D eigenvalue weighted by Gasteiger charge is 2.38. The number of rotatable bonds is 4. The SMILES string of the molecule is FC(F)(F)c1nc(-c2cncc(C3CCCN(Cc4cncnc4)C3)n2)no1. The Bertz CT molecular complexity index is 932. The molecule has 0 spiro atoms. The van der Waals surface area contributed by atoms with Gasteiger partial charge in [0.2, 0.25) is 5.82 Å². The summed E-state index contributed by atoms with van der Waals surface area (Å²) in [4.78, 5) is 22.3. The molecule has 1 atom stereocenters. The molecule has 1 aliphatic heterocycles. The highest BCUT2D eigenvalue weighted by atomic mass is 19.4. The van der Waals surface area contributed by atoms with E-state index in [9.17, 15) is 13.2 Å². The van der Waals surface area contributed by atoms with Gasteiger partial charge in [-0.1, -0.05) is 5.16 Å². The molecule has 0 saturated carbocycles. The minimum absolute atomic E-state index is 0.111. The zero-order valence-electron chi connectivity index (χ0n) is 14.7. The van der Waals surface area contributed by atoms with Crippen LogP contribution in [0.25, 0.3) is 11.5 Å². The van der Waals surface area contributed by atoms with Gasteiger partial charge >= 0.3 is 12.1 Å². The Morgan fingerprint density at radius 3 is 2.64 bits per heavy atom. The Labute approximate surface area is 157 Å². The van der Waals surface area contributed by atoms with E-state index in [2.05, 4.69) is 39.5 Å². The molecule has 0 bridgehead atoms. The van der Waals surface area contributed by atoms with Gasteiger partial charge in [-0.15, -0.1) is 0 Å². The van der Waals surface area contributed by atoms with E-state index in [1.54, 1.807) is 18.6 Å². The Kier molecular flexibility index (Phi) is 4.99. The van der Waals surface area contributed by atoms with Crippen LogP contribution < -0.4 is 0 Å². The van der Waals surface area contributed by atoms with Crippen molar-refractivity contribution in [3.05, 3.63) is 48.3 Å². The molecule has 1 aliphatic rings. The molecule has 8 nitrogen and oxygen atoms in total. The van der Waals surface area contributed by atoms with Crippen LogP contribution in [0.2, 0.25) is 0 Å². The van der Waals surface area contributed by atoms with Crippen molar-refractivity contribution in [1.29, 1.82) is 0 Å². The molecular weight excluding hydrogens is 375 g/mol. The van der Waals surface area contributed by atoms with Crippen molar-refractivity contribution >= 4 is 0 Å². The normalized spacial score (nSPS) is 18.3. The Hall–Kier alpha value is -2.95. The third-order valence-electron chi connectivity index (χ3n) is 4.49. The van der Waals surface area contributed by atoms with Crippen LogP contribution in [0.1, 0.15) is 35.9 Å². The second-order valence-electron chi connectivity index (χ2n) is 6.57. The maximum Gasteiger partial charge on any atom is 0.471 e. The molecule has 0 radical (unpaired) electrons. The molecular formula is C17H16F3N7O. The summed E-state index contributed by atoms with van der Waals surface area (Å²) in [5.74, 6) is -1.51. The van der Waals surface area contributed by atoms with E-state index >= 15 is 0 Å². The zero-order valence-corrected chi connectivity index (χ0v) is 14.7. The smallest absolute Gasteiger partial charge is 0.329 e. The molecule has 0 amide bonds. The van der Waals surface area contributed by atoms with Crippen LogP contribution in [0.3, 0.4) is 0 Å². The minimum Gasteiger partial charge on any atom is -0.329 e. The first-order valence-corrected chi connectivity index (χ1v) is 8.68. The fourth-order valence-electron chi connectivity index (χ4n) is 3.24. The number of halogens is 3. The molecule has 146 valence electrons. The van der Waals surface area contributed by atoms with Gasteiger partial charge in [-0.05, 0) is 19.4 Å². The number of likely N-dealkylation sites (tertiary alicyclic amines) is 1. The fraction of sp³-hybridized carbons (Fsp3) is 0.412. The van der Waals surface area contributed by atoms with Gasteiger partial charge in [-0.2, -0.15) is 18.2 Å². The molecule has 4 rings (SSSR count). The topological polar surface area (TPSA) is 93.7 Å². The first-order valence-electron chi connectivity index (χ1n) is 8.68. The van der Waals surface area contributed by atoms with E-state index < -0.39 is 12.1 Å². The molecule has 0 N–H and O–H groups in total. The predicted octanol–water partition coefficient (Wildman–Crippen LogP) is 2.71. The maximum absolute atomic E-state index is 12.7. The highest BCUT2D eigenvalue weighted by molar-refractivity contribution is 5.46.